The summed E-state index contributed by atoms with van der Waals surface area (Å²) >= 11 is 0. The van der Waals surface area contributed by atoms with Gasteiger partial charge in [-0.05, 0) is 12.1 Å². The fourth-order valence-electron chi connectivity index (χ4n) is 1.88. The summed E-state index contributed by atoms with van der Waals surface area (Å²) in [5, 5.41) is 11.7. The standard InChI is InChI=1S/C15H16N2O4/c1-2-8-21-12-5-3-4-11(9-12)16-13-10-14(19)17(6-7-18)15(13)20/h2-5,9-10,16,18H,1,6-8H2. The topological polar surface area (TPSA) is 78.9 Å². The maximum atomic E-state index is 12.0. The molecule has 21 heavy (non-hydrogen) atoms. The lowest BCUT2D eigenvalue weighted by Gasteiger charge is -2.13. The summed E-state index contributed by atoms with van der Waals surface area (Å²) in [7, 11) is 0. The number of β-amino-alcohol motifs (C(OH)–C–C–N with tert-alkyl or cyclic N) is 1. The largest absolute Gasteiger partial charge is 0.489 e. The van der Waals surface area contributed by atoms with E-state index in [1.54, 1.807) is 30.3 Å². The Morgan fingerprint density at radius 1 is 1.38 bits per heavy atom. The van der Waals surface area contributed by atoms with Gasteiger partial charge in [0.05, 0.1) is 13.2 Å². The van der Waals surface area contributed by atoms with Crippen molar-refractivity contribution in [1.82, 2.24) is 4.90 Å². The van der Waals surface area contributed by atoms with E-state index in [4.69, 9.17) is 9.84 Å². The minimum absolute atomic E-state index is 0.0121. The van der Waals surface area contributed by atoms with Crippen molar-refractivity contribution in [3.63, 3.8) is 0 Å². The van der Waals surface area contributed by atoms with Gasteiger partial charge < -0.3 is 15.2 Å². The van der Waals surface area contributed by atoms with Crippen molar-refractivity contribution in [2.24, 2.45) is 0 Å². The highest BCUT2D eigenvalue weighted by Gasteiger charge is 2.30. The molecule has 0 atom stereocenters. The van der Waals surface area contributed by atoms with Crippen molar-refractivity contribution < 1.29 is 19.4 Å². The van der Waals surface area contributed by atoms with Crippen LogP contribution in [0.25, 0.3) is 0 Å². The van der Waals surface area contributed by atoms with Gasteiger partial charge in [0.1, 0.15) is 18.1 Å². The molecule has 1 heterocycles. The average Bonchev–Trinajstić information content (AvgIpc) is 2.73. The number of hydrogen-bond donors (Lipinski definition) is 2. The Labute approximate surface area is 122 Å². The van der Waals surface area contributed by atoms with Crippen molar-refractivity contribution in [3.05, 3.63) is 48.7 Å². The number of carbonyl (C=O) groups excluding carboxylic acids is 2. The van der Waals surface area contributed by atoms with Crippen LogP contribution in [0.15, 0.2) is 48.7 Å². The average molecular weight is 288 g/mol. The number of aliphatic hydroxyl groups excluding tert-OH is 1. The van der Waals surface area contributed by atoms with Crippen molar-refractivity contribution in [2.75, 3.05) is 25.1 Å². The van der Waals surface area contributed by atoms with Crippen molar-refractivity contribution in [3.8, 4) is 5.75 Å². The van der Waals surface area contributed by atoms with Gasteiger partial charge >= 0.3 is 0 Å². The zero-order valence-electron chi connectivity index (χ0n) is 11.4. The summed E-state index contributed by atoms with van der Waals surface area (Å²) in [5.41, 5.74) is 0.809. The Bertz CT molecular complexity index is 595. The number of hydrogen-bond acceptors (Lipinski definition) is 5. The van der Waals surface area contributed by atoms with E-state index in [1.165, 1.54) is 6.08 Å². The van der Waals surface area contributed by atoms with Gasteiger partial charge in [0.25, 0.3) is 11.8 Å². The van der Waals surface area contributed by atoms with Gasteiger partial charge in [-0.25, -0.2) is 0 Å². The number of ether oxygens (including phenoxy) is 1. The molecule has 0 saturated heterocycles. The first-order valence-electron chi connectivity index (χ1n) is 6.45. The summed E-state index contributed by atoms with van der Waals surface area (Å²) in [5.74, 6) is -0.258. The maximum absolute atomic E-state index is 12.0. The molecule has 1 aromatic rings. The molecular weight excluding hydrogens is 272 g/mol. The molecule has 1 aliphatic heterocycles. The van der Waals surface area contributed by atoms with Gasteiger partial charge in [0, 0.05) is 17.8 Å². The second-order valence-corrected chi connectivity index (χ2v) is 4.33. The van der Waals surface area contributed by atoms with Gasteiger partial charge in [-0.15, -0.1) is 0 Å². The van der Waals surface area contributed by atoms with Crippen LogP contribution < -0.4 is 10.1 Å². The number of rotatable bonds is 7. The van der Waals surface area contributed by atoms with E-state index < -0.39 is 11.8 Å². The van der Waals surface area contributed by atoms with Crippen LogP contribution in [0.3, 0.4) is 0 Å². The number of benzene rings is 1. The van der Waals surface area contributed by atoms with Gasteiger partial charge in [-0.1, -0.05) is 18.7 Å². The lowest BCUT2D eigenvalue weighted by Crippen LogP contribution is -2.34. The van der Waals surface area contributed by atoms with Crippen LogP contribution in [-0.2, 0) is 9.59 Å². The molecular formula is C15H16N2O4. The molecule has 0 aromatic heterocycles. The highest BCUT2D eigenvalue weighted by Crippen LogP contribution is 2.21. The lowest BCUT2D eigenvalue weighted by atomic mass is 10.3. The first-order chi connectivity index (χ1) is 10.2. The molecule has 110 valence electrons. The van der Waals surface area contributed by atoms with Crippen LogP contribution in [0.4, 0.5) is 5.69 Å². The number of anilines is 1. The summed E-state index contributed by atoms with van der Waals surface area (Å²) in [6.45, 7) is 3.68. The first kappa shape index (κ1) is 14.8. The monoisotopic (exact) mass is 288 g/mol. The molecule has 0 fully saturated rings. The van der Waals surface area contributed by atoms with E-state index in [1.807, 2.05) is 0 Å². The third kappa shape index (κ3) is 3.49. The molecule has 0 spiro atoms. The van der Waals surface area contributed by atoms with E-state index in [2.05, 4.69) is 11.9 Å². The highest BCUT2D eigenvalue weighted by molar-refractivity contribution is 6.17. The maximum Gasteiger partial charge on any atom is 0.277 e. The van der Waals surface area contributed by atoms with Crippen LogP contribution in [-0.4, -0.2) is 41.6 Å². The van der Waals surface area contributed by atoms with E-state index in [-0.39, 0.29) is 18.8 Å². The van der Waals surface area contributed by atoms with Gasteiger partial charge in [-0.3, -0.25) is 14.5 Å². The second kappa shape index (κ2) is 6.71. The normalized spacial score (nSPS) is 14.1. The second-order valence-electron chi connectivity index (χ2n) is 4.33. The van der Waals surface area contributed by atoms with E-state index in [0.29, 0.717) is 18.0 Å². The molecule has 2 amide bonds. The molecule has 0 aliphatic carbocycles. The molecule has 2 rings (SSSR count). The molecule has 0 saturated carbocycles. The fraction of sp³-hybridized carbons (Fsp3) is 0.200. The Balaban J connectivity index is 2.08. The van der Waals surface area contributed by atoms with E-state index >= 15 is 0 Å². The van der Waals surface area contributed by atoms with Gasteiger partial charge in [0.15, 0.2) is 0 Å². The number of carbonyl (C=O) groups is 2. The quantitative estimate of drug-likeness (QED) is 0.576. The van der Waals surface area contributed by atoms with Crippen LogP contribution >= 0.6 is 0 Å². The Morgan fingerprint density at radius 2 is 2.19 bits per heavy atom. The Morgan fingerprint density at radius 3 is 2.90 bits per heavy atom. The number of aliphatic hydroxyl groups is 1. The molecule has 0 radical (unpaired) electrons. The third-order valence-electron chi connectivity index (χ3n) is 2.81. The third-order valence-corrected chi connectivity index (χ3v) is 2.81. The molecule has 0 bridgehead atoms. The number of nitrogens with zero attached hydrogens (tertiary/aromatic N) is 1. The van der Waals surface area contributed by atoms with Crippen molar-refractivity contribution >= 4 is 17.5 Å². The van der Waals surface area contributed by atoms with Gasteiger partial charge in [-0.2, -0.15) is 0 Å². The lowest BCUT2D eigenvalue weighted by molar-refractivity contribution is -0.137. The highest BCUT2D eigenvalue weighted by atomic mass is 16.5. The predicted molar refractivity (Wildman–Crippen MR) is 77.6 cm³/mol. The summed E-state index contributed by atoms with van der Waals surface area (Å²) in [6.07, 6.45) is 2.85. The minimum atomic E-state index is -0.452. The van der Waals surface area contributed by atoms with Gasteiger partial charge in [0.2, 0.25) is 0 Å². The molecule has 1 aromatic carbocycles. The zero-order valence-corrected chi connectivity index (χ0v) is 11.4. The Kier molecular flexibility index (Phi) is 4.73. The molecule has 1 aliphatic rings. The minimum Gasteiger partial charge on any atom is -0.489 e. The summed E-state index contributed by atoms with van der Waals surface area (Å²) in [6, 6.07) is 7.03. The van der Waals surface area contributed by atoms with Crippen LogP contribution in [0.5, 0.6) is 5.75 Å². The molecule has 6 heteroatoms. The van der Waals surface area contributed by atoms with E-state index in [9.17, 15) is 9.59 Å². The summed E-state index contributed by atoms with van der Waals surface area (Å²) < 4.78 is 5.40. The van der Waals surface area contributed by atoms with E-state index in [0.717, 1.165) is 4.90 Å². The molecule has 2 N–H and O–H groups in total. The van der Waals surface area contributed by atoms with Crippen LogP contribution in [0.1, 0.15) is 0 Å². The molecule has 6 nitrogen and oxygen atoms in total. The number of imide groups is 1. The molecule has 0 unspecified atom stereocenters. The first-order valence-corrected chi connectivity index (χ1v) is 6.45. The predicted octanol–water partition coefficient (Wildman–Crippen LogP) is 0.908. The zero-order chi connectivity index (χ0) is 15.2. The number of amides is 2. The SMILES string of the molecule is C=CCOc1cccc(NC2=CC(=O)N(CCO)C2=O)c1. The van der Waals surface area contributed by atoms with Crippen molar-refractivity contribution in [2.45, 2.75) is 0 Å². The number of nitrogens with one attached hydrogen (secondary N) is 1. The smallest absolute Gasteiger partial charge is 0.277 e. The van der Waals surface area contributed by atoms with Crippen LogP contribution in [0.2, 0.25) is 0 Å². The van der Waals surface area contributed by atoms with Crippen LogP contribution in [0, 0.1) is 0 Å². The summed E-state index contributed by atoms with van der Waals surface area (Å²) in [4.78, 5) is 24.6. The van der Waals surface area contributed by atoms with Crippen molar-refractivity contribution in [1.29, 1.82) is 0 Å². The fourth-order valence-corrected chi connectivity index (χ4v) is 1.88. The Hall–Kier alpha value is -2.60.